The summed E-state index contributed by atoms with van der Waals surface area (Å²) in [5, 5.41) is 20.5. The number of aryl methyl sites for hydroxylation is 1. The van der Waals surface area contributed by atoms with Gasteiger partial charge in [-0.1, -0.05) is 25.1 Å². The number of hydrogen-bond donors (Lipinski definition) is 1. The van der Waals surface area contributed by atoms with Crippen molar-refractivity contribution in [3.8, 4) is 0 Å². The maximum Gasteiger partial charge on any atom is 0.276 e. The smallest absolute Gasteiger partial charge is 0.276 e. The Kier molecular flexibility index (Phi) is 4.55. The normalized spacial score (nSPS) is 10.4. The molecule has 0 aliphatic rings. The molecule has 1 aromatic heterocycles. The first-order chi connectivity index (χ1) is 10.1. The monoisotopic (exact) mass is 287 g/mol. The molecule has 0 amide bonds. The molecule has 21 heavy (non-hydrogen) atoms. The summed E-state index contributed by atoms with van der Waals surface area (Å²) in [6.07, 6.45) is 0.631. The van der Waals surface area contributed by atoms with Crippen LogP contribution >= 0.6 is 0 Å². The van der Waals surface area contributed by atoms with Crippen molar-refractivity contribution in [2.45, 2.75) is 20.3 Å². The number of benzene rings is 2. The van der Waals surface area contributed by atoms with Gasteiger partial charge in [-0.05, 0) is 25.5 Å². The average molecular weight is 287 g/mol. The summed E-state index contributed by atoms with van der Waals surface area (Å²) in [6, 6.07) is 11.0. The molecule has 5 heteroatoms. The number of fused-ring (bicyclic) bond motifs is 3. The lowest BCUT2D eigenvalue weighted by molar-refractivity contribution is -0.385. The predicted octanol–water partition coefficient (Wildman–Crippen LogP) is 4.06. The van der Waals surface area contributed by atoms with Crippen molar-refractivity contribution in [2.24, 2.45) is 0 Å². The van der Waals surface area contributed by atoms with Crippen molar-refractivity contribution in [3.63, 3.8) is 0 Å². The van der Waals surface area contributed by atoms with E-state index in [1.807, 2.05) is 37.3 Å². The molecular weight excluding hydrogens is 270 g/mol. The molecule has 1 heterocycles. The molecule has 0 saturated carbocycles. The van der Waals surface area contributed by atoms with Crippen LogP contribution in [0.2, 0.25) is 0 Å². The minimum absolute atomic E-state index is 0.129. The SMILES string of the molecule is CCO.CCc1cc2c(cc1[N+](=O)[O-])oc1ccccc12. The van der Waals surface area contributed by atoms with Gasteiger partial charge >= 0.3 is 0 Å². The second-order valence-electron chi connectivity index (χ2n) is 4.50. The summed E-state index contributed by atoms with van der Waals surface area (Å²) < 4.78 is 5.64. The van der Waals surface area contributed by atoms with Gasteiger partial charge in [-0.25, -0.2) is 0 Å². The van der Waals surface area contributed by atoms with Crippen molar-refractivity contribution >= 4 is 27.6 Å². The first kappa shape index (κ1) is 15.0. The second kappa shape index (κ2) is 6.37. The zero-order valence-corrected chi connectivity index (χ0v) is 12.0. The second-order valence-corrected chi connectivity index (χ2v) is 4.50. The largest absolute Gasteiger partial charge is 0.456 e. The molecule has 0 radical (unpaired) electrons. The molecule has 0 atom stereocenters. The first-order valence-electron chi connectivity index (χ1n) is 6.81. The fraction of sp³-hybridized carbons (Fsp3) is 0.250. The van der Waals surface area contributed by atoms with Crippen LogP contribution in [0.3, 0.4) is 0 Å². The van der Waals surface area contributed by atoms with E-state index in [1.165, 1.54) is 6.07 Å². The summed E-state index contributed by atoms with van der Waals surface area (Å²) >= 11 is 0. The molecule has 0 spiro atoms. The molecule has 3 rings (SSSR count). The van der Waals surface area contributed by atoms with Gasteiger partial charge < -0.3 is 9.52 Å². The zero-order chi connectivity index (χ0) is 15.4. The highest BCUT2D eigenvalue weighted by atomic mass is 16.6. The van der Waals surface area contributed by atoms with Gasteiger partial charge in [0, 0.05) is 22.9 Å². The number of nitrogens with zero attached hydrogens (tertiary/aromatic N) is 1. The third-order valence-electron chi connectivity index (χ3n) is 3.16. The topological polar surface area (TPSA) is 76.5 Å². The summed E-state index contributed by atoms with van der Waals surface area (Å²) in [7, 11) is 0. The number of nitro groups is 1. The molecule has 110 valence electrons. The quantitative estimate of drug-likeness (QED) is 0.569. The molecule has 0 unspecified atom stereocenters. The number of aliphatic hydroxyl groups excluding tert-OH is 1. The van der Waals surface area contributed by atoms with E-state index in [0.717, 1.165) is 21.9 Å². The maximum atomic E-state index is 11.0. The van der Waals surface area contributed by atoms with E-state index in [9.17, 15) is 10.1 Å². The van der Waals surface area contributed by atoms with Gasteiger partial charge in [0.2, 0.25) is 0 Å². The Morgan fingerprint density at radius 1 is 1.14 bits per heavy atom. The van der Waals surface area contributed by atoms with E-state index in [4.69, 9.17) is 9.52 Å². The van der Waals surface area contributed by atoms with E-state index < -0.39 is 0 Å². The van der Waals surface area contributed by atoms with Crippen LogP contribution in [0.25, 0.3) is 21.9 Å². The average Bonchev–Trinajstić information content (AvgIpc) is 2.84. The fourth-order valence-corrected chi connectivity index (χ4v) is 2.26. The van der Waals surface area contributed by atoms with Crippen LogP contribution in [-0.2, 0) is 6.42 Å². The molecule has 2 aromatic carbocycles. The molecule has 0 aliphatic heterocycles. The lowest BCUT2D eigenvalue weighted by atomic mass is 10.1. The molecule has 3 aromatic rings. The van der Waals surface area contributed by atoms with Crippen LogP contribution in [0, 0.1) is 10.1 Å². The van der Waals surface area contributed by atoms with E-state index in [1.54, 1.807) is 6.92 Å². The lowest BCUT2D eigenvalue weighted by Crippen LogP contribution is -1.93. The van der Waals surface area contributed by atoms with E-state index in [0.29, 0.717) is 12.0 Å². The Hall–Kier alpha value is -2.40. The van der Waals surface area contributed by atoms with Crippen molar-refractivity contribution < 1.29 is 14.4 Å². The van der Waals surface area contributed by atoms with Crippen LogP contribution in [0.4, 0.5) is 5.69 Å². The minimum atomic E-state index is -0.356. The molecule has 1 N–H and O–H groups in total. The van der Waals surface area contributed by atoms with Gasteiger partial charge in [-0.2, -0.15) is 0 Å². The third kappa shape index (κ3) is 2.87. The van der Waals surface area contributed by atoms with E-state index in [-0.39, 0.29) is 17.2 Å². The van der Waals surface area contributed by atoms with Gasteiger partial charge in [0.05, 0.1) is 11.0 Å². The standard InChI is InChI=1S/C14H11NO3.C2H6O/c1-2-9-7-11-10-5-3-4-6-13(10)18-14(11)8-12(9)15(16)17;1-2-3/h3-8H,2H2,1H3;3H,2H2,1H3. The Morgan fingerprint density at radius 2 is 1.81 bits per heavy atom. The highest BCUT2D eigenvalue weighted by molar-refractivity contribution is 6.05. The lowest BCUT2D eigenvalue weighted by Gasteiger charge is -1.99. The Balaban J connectivity index is 0.000000497. The van der Waals surface area contributed by atoms with Crippen molar-refractivity contribution in [1.82, 2.24) is 0 Å². The fourth-order valence-electron chi connectivity index (χ4n) is 2.26. The number of hydrogen-bond acceptors (Lipinski definition) is 4. The van der Waals surface area contributed by atoms with Crippen molar-refractivity contribution in [2.75, 3.05) is 6.61 Å². The zero-order valence-electron chi connectivity index (χ0n) is 12.0. The highest BCUT2D eigenvalue weighted by Crippen LogP contribution is 2.33. The molecule has 5 nitrogen and oxygen atoms in total. The number of rotatable bonds is 2. The van der Waals surface area contributed by atoms with Crippen LogP contribution < -0.4 is 0 Å². The molecule has 0 bridgehead atoms. The summed E-state index contributed by atoms with van der Waals surface area (Å²) in [4.78, 5) is 10.6. The number of furan rings is 1. The number of aliphatic hydroxyl groups is 1. The molecule has 0 aliphatic carbocycles. The Bertz CT molecular complexity index is 776. The number of nitro benzene ring substituents is 1. The Morgan fingerprint density at radius 3 is 2.43 bits per heavy atom. The molecule has 0 fully saturated rings. The van der Waals surface area contributed by atoms with Crippen LogP contribution in [-0.4, -0.2) is 16.6 Å². The number of para-hydroxylation sites is 1. The van der Waals surface area contributed by atoms with Gasteiger partial charge in [0.15, 0.2) is 0 Å². The summed E-state index contributed by atoms with van der Waals surface area (Å²) in [6.45, 7) is 3.84. The van der Waals surface area contributed by atoms with Gasteiger partial charge in [0.1, 0.15) is 11.2 Å². The first-order valence-corrected chi connectivity index (χ1v) is 6.81. The predicted molar refractivity (Wildman–Crippen MR) is 82.5 cm³/mol. The van der Waals surface area contributed by atoms with Gasteiger partial charge in [-0.3, -0.25) is 10.1 Å². The van der Waals surface area contributed by atoms with E-state index in [2.05, 4.69) is 0 Å². The van der Waals surface area contributed by atoms with Crippen molar-refractivity contribution in [1.29, 1.82) is 0 Å². The van der Waals surface area contributed by atoms with Crippen LogP contribution in [0.15, 0.2) is 40.8 Å². The van der Waals surface area contributed by atoms with Gasteiger partial charge in [-0.15, -0.1) is 0 Å². The third-order valence-corrected chi connectivity index (χ3v) is 3.16. The summed E-state index contributed by atoms with van der Waals surface area (Å²) in [5.41, 5.74) is 2.19. The van der Waals surface area contributed by atoms with Crippen LogP contribution in [0.1, 0.15) is 19.4 Å². The van der Waals surface area contributed by atoms with E-state index >= 15 is 0 Å². The highest BCUT2D eigenvalue weighted by Gasteiger charge is 2.17. The van der Waals surface area contributed by atoms with Crippen molar-refractivity contribution in [3.05, 3.63) is 52.1 Å². The molecular formula is C16H17NO4. The minimum Gasteiger partial charge on any atom is -0.456 e. The Labute approximate surface area is 122 Å². The summed E-state index contributed by atoms with van der Waals surface area (Å²) in [5.74, 6) is 0. The van der Waals surface area contributed by atoms with Crippen LogP contribution in [0.5, 0.6) is 0 Å². The van der Waals surface area contributed by atoms with Gasteiger partial charge in [0.25, 0.3) is 5.69 Å². The maximum absolute atomic E-state index is 11.0. The molecule has 0 saturated heterocycles.